The molecule has 2 aliphatic heterocycles. The zero-order chi connectivity index (χ0) is 18.1. The summed E-state index contributed by atoms with van der Waals surface area (Å²) < 4.78 is 6.89. The van der Waals surface area contributed by atoms with Gasteiger partial charge < -0.3 is 4.74 Å². The Bertz CT molecular complexity index is 842. The molecule has 1 unspecified atom stereocenters. The molecular formula is C18H19ClN3O3+. The van der Waals surface area contributed by atoms with Crippen LogP contribution in [0.25, 0.3) is 0 Å². The number of allylic oxidation sites excluding steroid dienone is 1. The van der Waals surface area contributed by atoms with Crippen LogP contribution in [-0.4, -0.2) is 47.6 Å². The first-order chi connectivity index (χ1) is 12.0. The van der Waals surface area contributed by atoms with E-state index in [4.69, 9.17) is 16.3 Å². The summed E-state index contributed by atoms with van der Waals surface area (Å²) in [4.78, 5) is 31.3. The number of rotatable bonds is 4. The average Bonchev–Trinajstić information content (AvgIpc) is 2.63. The van der Waals surface area contributed by atoms with E-state index in [0.29, 0.717) is 28.6 Å². The number of benzene rings is 1. The number of amidine groups is 1. The van der Waals surface area contributed by atoms with Crippen LogP contribution in [0.5, 0.6) is 0 Å². The second-order valence-electron chi connectivity index (χ2n) is 5.85. The molecule has 0 bridgehead atoms. The van der Waals surface area contributed by atoms with Crippen molar-refractivity contribution < 1.29 is 18.9 Å². The number of hydrogen-bond donors (Lipinski definition) is 0. The number of hydrogen-bond acceptors (Lipinski definition) is 4. The summed E-state index contributed by atoms with van der Waals surface area (Å²) in [6.45, 7) is 2.07. The normalized spacial score (nSPS) is 20.3. The number of halogens is 1. The summed E-state index contributed by atoms with van der Waals surface area (Å²) in [5.74, 6) is -0.131. The van der Waals surface area contributed by atoms with Gasteiger partial charge in [-0.25, -0.2) is 4.79 Å². The number of urea groups is 1. The monoisotopic (exact) mass is 360 g/mol. The summed E-state index contributed by atoms with van der Waals surface area (Å²) in [5, 5.41) is 0.513. The number of imide groups is 1. The maximum Gasteiger partial charge on any atom is 0.445 e. The van der Waals surface area contributed by atoms with Crippen LogP contribution >= 0.6 is 11.6 Å². The Morgan fingerprint density at radius 1 is 1.32 bits per heavy atom. The number of carbonyl (C=O) groups excluding carboxylic acids is 2. The molecule has 3 rings (SSSR count). The summed E-state index contributed by atoms with van der Waals surface area (Å²) in [5.41, 5.74) is 1.56. The van der Waals surface area contributed by atoms with E-state index >= 15 is 0 Å². The van der Waals surface area contributed by atoms with Gasteiger partial charge in [-0.1, -0.05) is 36.7 Å². The Morgan fingerprint density at radius 2 is 2.04 bits per heavy atom. The van der Waals surface area contributed by atoms with Crippen LogP contribution in [0.15, 0.2) is 40.6 Å². The van der Waals surface area contributed by atoms with Crippen molar-refractivity contribution in [1.82, 2.24) is 4.90 Å². The van der Waals surface area contributed by atoms with Gasteiger partial charge in [0, 0.05) is 16.2 Å². The molecule has 2 aliphatic rings. The zero-order valence-electron chi connectivity index (χ0n) is 14.3. The third-order valence-electron chi connectivity index (χ3n) is 4.45. The molecule has 0 N–H and O–H groups in total. The Balaban J connectivity index is 2.05. The Morgan fingerprint density at radius 3 is 2.68 bits per heavy atom. The topological polar surface area (TPSA) is 62.0 Å². The van der Waals surface area contributed by atoms with E-state index in [0.717, 1.165) is 5.57 Å². The quantitative estimate of drug-likeness (QED) is 0.776. The fourth-order valence-electron chi connectivity index (χ4n) is 3.07. The maximum atomic E-state index is 13.1. The smallest absolute Gasteiger partial charge is 0.445 e. The molecule has 6 nitrogen and oxygen atoms in total. The number of fused-ring (bicyclic) bond motifs is 1. The molecule has 0 aliphatic carbocycles. The number of dihydropyridines is 1. The molecule has 1 aromatic rings. The lowest BCUT2D eigenvalue weighted by atomic mass is 9.94. The van der Waals surface area contributed by atoms with Gasteiger partial charge in [0.15, 0.2) is 5.92 Å². The van der Waals surface area contributed by atoms with Crippen molar-refractivity contribution in [2.24, 2.45) is 10.9 Å². The predicted molar refractivity (Wildman–Crippen MR) is 94.9 cm³/mol. The third kappa shape index (κ3) is 2.87. The Kier molecular flexibility index (Phi) is 4.72. The van der Waals surface area contributed by atoms with E-state index < -0.39 is 11.9 Å². The van der Waals surface area contributed by atoms with Crippen molar-refractivity contribution in [3.8, 4) is 0 Å². The Labute approximate surface area is 151 Å². The van der Waals surface area contributed by atoms with Crippen molar-refractivity contribution in [2.45, 2.75) is 19.9 Å². The van der Waals surface area contributed by atoms with Gasteiger partial charge in [-0.3, -0.25) is 4.79 Å². The van der Waals surface area contributed by atoms with Gasteiger partial charge in [0.2, 0.25) is 0 Å². The number of carbonyl (C=O) groups is 2. The molecule has 0 spiro atoms. The fourth-order valence-corrected chi connectivity index (χ4v) is 3.27. The van der Waals surface area contributed by atoms with Gasteiger partial charge in [-0.2, -0.15) is 9.48 Å². The van der Waals surface area contributed by atoms with Crippen molar-refractivity contribution >= 4 is 35.6 Å². The standard InChI is InChI=1S/C18H19ClN3O3/c1-4-11-9-20-16-14(15(11)25-3)17(23)22(18(24)21(16)2)10-12-7-5-6-8-13(12)19/h5-9,14H,4,10H2,1-3H3/q+1. The lowest BCUT2D eigenvalue weighted by Crippen LogP contribution is -2.54. The molecule has 1 atom stereocenters. The van der Waals surface area contributed by atoms with Crippen LogP contribution in [0.2, 0.25) is 5.02 Å². The van der Waals surface area contributed by atoms with Crippen LogP contribution in [0.1, 0.15) is 18.9 Å². The lowest BCUT2D eigenvalue weighted by Gasteiger charge is -2.29. The van der Waals surface area contributed by atoms with Crippen molar-refractivity contribution in [3.63, 3.8) is 0 Å². The molecule has 1 aromatic carbocycles. The molecule has 0 radical (unpaired) electrons. The molecular weight excluding hydrogens is 342 g/mol. The first-order valence-corrected chi connectivity index (χ1v) is 8.37. The van der Waals surface area contributed by atoms with Gasteiger partial charge in [0.1, 0.15) is 18.5 Å². The zero-order valence-corrected chi connectivity index (χ0v) is 15.1. The minimum atomic E-state index is -0.713. The van der Waals surface area contributed by atoms with Crippen molar-refractivity contribution in [3.05, 3.63) is 46.2 Å². The number of methoxy groups -OCH3 is 1. The number of amides is 3. The van der Waals surface area contributed by atoms with Gasteiger partial charge >= 0.3 is 11.9 Å². The van der Waals surface area contributed by atoms with E-state index in [2.05, 4.69) is 4.99 Å². The minimum absolute atomic E-state index is 0.105. The third-order valence-corrected chi connectivity index (χ3v) is 4.82. The van der Waals surface area contributed by atoms with Gasteiger partial charge in [-0.05, 0) is 12.5 Å². The summed E-state index contributed by atoms with van der Waals surface area (Å²) in [6, 6.07) is 6.73. The molecule has 0 saturated heterocycles. The maximum absolute atomic E-state index is 13.1. The minimum Gasteiger partial charge on any atom is -0.499 e. The molecule has 0 saturated carbocycles. The number of nitrogens with zero attached hydrogens (tertiary/aromatic N) is 3. The van der Waals surface area contributed by atoms with Gasteiger partial charge in [0.05, 0.1) is 14.2 Å². The van der Waals surface area contributed by atoms with Gasteiger partial charge in [-0.15, -0.1) is 4.99 Å². The highest BCUT2D eigenvalue weighted by Gasteiger charge is 2.50. The highest BCUT2D eigenvalue weighted by molar-refractivity contribution is 6.31. The second-order valence-corrected chi connectivity index (χ2v) is 6.26. The molecule has 130 valence electrons. The van der Waals surface area contributed by atoms with Crippen LogP contribution in [-0.2, 0) is 16.1 Å². The summed E-state index contributed by atoms with van der Waals surface area (Å²) in [6.07, 6.45) is 2.34. The van der Waals surface area contributed by atoms with Crippen molar-refractivity contribution in [2.75, 3.05) is 14.2 Å². The molecule has 0 aromatic heterocycles. The molecule has 2 heterocycles. The van der Waals surface area contributed by atoms with Crippen molar-refractivity contribution in [1.29, 1.82) is 0 Å². The summed E-state index contributed by atoms with van der Waals surface area (Å²) in [7, 11) is 3.14. The molecule has 25 heavy (non-hydrogen) atoms. The largest absolute Gasteiger partial charge is 0.499 e. The SMILES string of the molecule is CCC1=C(OC)C2C(=O)N(Cc3ccccc3Cl)C(=O)[N+](C)=C2N=C1. The van der Waals surface area contributed by atoms with E-state index in [1.165, 1.54) is 16.6 Å². The van der Waals surface area contributed by atoms with Crippen LogP contribution in [0.4, 0.5) is 4.79 Å². The number of ether oxygens (including phenoxy) is 1. The van der Waals surface area contributed by atoms with Crippen LogP contribution in [0, 0.1) is 5.92 Å². The van der Waals surface area contributed by atoms with Gasteiger partial charge in [0.25, 0.3) is 5.84 Å². The van der Waals surface area contributed by atoms with Crippen LogP contribution < -0.4 is 0 Å². The van der Waals surface area contributed by atoms with E-state index in [1.54, 1.807) is 31.5 Å². The predicted octanol–water partition coefficient (Wildman–Crippen LogP) is 2.85. The lowest BCUT2D eigenvalue weighted by molar-refractivity contribution is -0.409. The second kappa shape index (κ2) is 6.80. The molecule has 3 amide bonds. The summed E-state index contributed by atoms with van der Waals surface area (Å²) >= 11 is 6.19. The van der Waals surface area contributed by atoms with Crippen LogP contribution in [0.3, 0.4) is 0 Å². The average molecular weight is 361 g/mol. The highest BCUT2D eigenvalue weighted by Crippen LogP contribution is 2.30. The molecule has 7 heteroatoms. The first kappa shape index (κ1) is 17.4. The Hall–Kier alpha value is -2.47. The molecule has 0 fully saturated rings. The highest BCUT2D eigenvalue weighted by atomic mass is 35.5. The first-order valence-electron chi connectivity index (χ1n) is 8.00. The number of aliphatic imine (C=N–C) groups is 1. The van der Waals surface area contributed by atoms with E-state index in [-0.39, 0.29) is 12.5 Å². The fraction of sp³-hybridized carbons (Fsp3) is 0.333. The van der Waals surface area contributed by atoms with E-state index in [9.17, 15) is 9.59 Å². The van der Waals surface area contributed by atoms with E-state index in [1.807, 2.05) is 13.0 Å².